The Bertz CT molecular complexity index is 318. The van der Waals surface area contributed by atoms with Gasteiger partial charge in [0.1, 0.15) is 11.5 Å². The molecule has 0 amide bonds. The lowest BCUT2D eigenvalue weighted by molar-refractivity contribution is -0.0538. The Morgan fingerprint density at radius 3 is 2.57 bits per heavy atom. The molecule has 1 atom stereocenters. The average molecular weight is 194 g/mol. The number of benzene rings is 1. The summed E-state index contributed by atoms with van der Waals surface area (Å²) in [6.07, 6.45) is 1.24. The molecule has 1 aliphatic heterocycles. The van der Waals surface area contributed by atoms with Crippen LogP contribution in [0.3, 0.4) is 0 Å². The highest BCUT2D eigenvalue weighted by atomic mass is 16.5. The van der Waals surface area contributed by atoms with Crippen molar-refractivity contribution in [1.82, 2.24) is 0 Å². The highest BCUT2D eigenvalue weighted by Crippen LogP contribution is 2.37. The molecule has 1 saturated heterocycles. The van der Waals surface area contributed by atoms with Gasteiger partial charge in [0.05, 0.1) is 26.9 Å². The highest BCUT2D eigenvalue weighted by Gasteiger charge is 2.24. The molecular formula is C11H14O3. The molecule has 1 aromatic carbocycles. The van der Waals surface area contributed by atoms with Crippen LogP contribution >= 0.6 is 0 Å². The van der Waals surface area contributed by atoms with Crippen molar-refractivity contribution < 1.29 is 14.2 Å². The smallest absolute Gasteiger partial charge is 0.124 e. The number of ether oxygens (including phenoxy) is 3. The molecule has 14 heavy (non-hydrogen) atoms. The summed E-state index contributed by atoms with van der Waals surface area (Å²) >= 11 is 0. The van der Waals surface area contributed by atoms with Gasteiger partial charge in [-0.25, -0.2) is 0 Å². The standard InChI is InChI=1S/C11H14O3/c1-12-8-3-4-10(13-2)9(7-8)11-5-6-14-11/h3-4,7,11H,5-6H2,1-2H3. The second-order valence-electron chi connectivity index (χ2n) is 3.26. The fourth-order valence-corrected chi connectivity index (χ4v) is 1.57. The van der Waals surface area contributed by atoms with E-state index in [4.69, 9.17) is 14.2 Å². The Hall–Kier alpha value is -1.22. The lowest BCUT2D eigenvalue weighted by Gasteiger charge is -2.28. The molecule has 0 bridgehead atoms. The Labute approximate surface area is 83.6 Å². The van der Waals surface area contributed by atoms with E-state index in [9.17, 15) is 0 Å². The van der Waals surface area contributed by atoms with Crippen molar-refractivity contribution in [3.05, 3.63) is 23.8 Å². The maximum Gasteiger partial charge on any atom is 0.124 e. The van der Waals surface area contributed by atoms with Crippen molar-refractivity contribution in [3.63, 3.8) is 0 Å². The van der Waals surface area contributed by atoms with Gasteiger partial charge in [0, 0.05) is 12.0 Å². The summed E-state index contributed by atoms with van der Waals surface area (Å²) < 4.78 is 15.9. The Kier molecular flexibility index (Phi) is 2.59. The predicted molar refractivity (Wildman–Crippen MR) is 52.9 cm³/mol. The van der Waals surface area contributed by atoms with Crippen LogP contribution in [0, 0.1) is 0 Å². The van der Waals surface area contributed by atoms with E-state index in [1.807, 2.05) is 18.2 Å². The molecule has 0 spiro atoms. The van der Waals surface area contributed by atoms with E-state index in [2.05, 4.69) is 0 Å². The van der Waals surface area contributed by atoms with Crippen LogP contribution < -0.4 is 9.47 Å². The van der Waals surface area contributed by atoms with Gasteiger partial charge in [0.15, 0.2) is 0 Å². The summed E-state index contributed by atoms with van der Waals surface area (Å²) in [4.78, 5) is 0. The molecule has 0 N–H and O–H groups in total. The maximum absolute atomic E-state index is 5.42. The summed E-state index contributed by atoms with van der Waals surface area (Å²) in [5.41, 5.74) is 1.08. The van der Waals surface area contributed by atoms with Gasteiger partial charge in [-0.3, -0.25) is 0 Å². The minimum Gasteiger partial charge on any atom is -0.497 e. The van der Waals surface area contributed by atoms with E-state index >= 15 is 0 Å². The molecule has 0 aromatic heterocycles. The van der Waals surface area contributed by atoms with Crippen LogP contribution in [0.5, 0.6) is 11.5 Å². The van der Waals surface area contributed by atoms with Crippen LogP contribution in [0.4, 0.5) is 0 Å². The fraction of sp³-hybridized carbons (Fsp3) is 0.455. The Morgan fingerprint density at radius 2 is 2.07 bits per heavy atom. The zero-order valence-electron chi connectivity index (χ0n) is 8.45. The predicted octanol–water partition coefficient (Wildman–Crippen LogP) is 2.17. The highest BCUT2D eigenvalue weighted by molar-refractivity contribution is 5.42. The molecule has 0 radical (unpaired) electrons. The third-order valence-corrected chi connectivity index (χ3v) is 2.48. The van der Waals surface area contributed by atoms with Gasteiger partial charge in [-0.05, 0) is 18.2 Å². The summed E-state index contributed by atoms with van der Waals surface area (Å²) in [5, 5.41) is 0. The first-order valence-electron chi connectivity index (χ1n) is 4.68. The fourth-order valence-electron chi connectivity index (χ4n) is 1.57. The van der Waals surface area contributed by atoms with Crippen LogP contribution in [0.25, 0.3) is 0 Å². The van der Waals surface area contributed by atoms with Crippen molar-refractivity contribution in [2.75, 3.05) is 20.8 Å². The lowest BCUT2D eigenvalue weighted by atomic mass is 10.0. The van der Waals surface area contributed by atoms with Crippen LogP contribution in [-0.2, 0) is 4.74 Å². The zero-order valence-corrected chi connectivity index (χ0v) is 8.45. The van der Waals surface area contributed by atoms with E-state index in [0.29, 0.717) is 0 Å². The molecule has 1 aromatic rings. The first kappa shape index (κ1) is 9.34. The quantitative estimate of drug-likeness (QED) is 0.738. The minimum atomic E-state index is 0.181. The van der Waals surface area contributed by atoms with Crippen molar-refractivity contribution in [3.8, 4) is 11.5 Å². The third-order valence-electron chi connectivity index (χ3n) is 2.48. The van der Waals surface area contributed by atoms with E-state index in [-0.39, 0.29) is 6.10 Å². The third kappa shape index (κ3) is 1.55. The molecule has 2 rings (SSSR count). The zero-order chi connectivity index (χ0) is 9.97. The van der Waals surface area contributed by atoms with Crippen molar-refractivity contribution in [2.24, 2.45) is 0 Å². The van der Waals surface area contributed by atoms with E-state index in [1.165, 1.54) is 0 Å². The van der Waals surface area contributed by atoms with E-state index in [0.717, 1.165) is 30.1 Å². The summed E-state index contributed by atoms with van der Waals surface area (Å²) in [6.45, 7) is 0.838. The number of rotatable bonds is 3. The largest absolute Gasteiger partial charge is 0.497 e. The second-order valence-corrected chi connectivity index (χ2v) is 3.26. The van der Waals surface area contributed by atoms with Crippen molar-refractivity contribution >= 4 is 0 Å². The Morgan fingerprint density at radius 1 is 1.29 bits per heavy atom. The molecular weight excluding hydrogens is 180 g/mol. The topological polar surface area (TPSA) is 27.7 Å². The maximum atomic E-state index is 5.42. The van der Waals surface area contributed by atoms with Gasteiger partial charge >= 0.3 is 0 Å². The molecule has 76 valence electrons. The monoisotopic (exact) mass is 194 g/mol. The molecule has 1 unspecified atom stereocenters. The molecule has 3 nitrogen and oxygen atoms in total. The van der Waals surface area contributed by atoms with E-state index in [1.54, 1.807) is 14.2 Å². The van der Waals surface area contributed by atoms with Gasteiger partial charge in [-0.15, -0.1) is 0 Å². The Balaban J connectivity index is 2.31. The summed E-state index contributed by atoms with van der Waals surface area (Å²) in [7, 11) is 3.33. The summed E-state index contributed by atoms with van der Waals surface area (Å²) in [6, 6.07) is 5.78. The molecule has 1 fully saturated rings. The average Bonchev–Trinajstić information content (AvgIpc) is 2.15. The minimum absolute atomic E-state index is 0.181. The van der Waals surface area contributed by atoms with Gasteiger partial charge in [0.2, 0.25) is 0 Å². The van der Waals surface area contributed by atoms with Gasteiger partial charge in [-0.2, -0.15) is 0 Å². The molecule has 0 saturated carbocycles. The van der Waals surface area contributed by atoms with Crippen LogP contribution in [-0.4, -0.2) is 20.8 Å². The molecule has 0 aliphatic carbocycles. The van der Waals surface area contributed by atoms with Gasteiger partial charge in [0.25, 0.3) is 0 Å². The van der Waals surface area contributed by atoms with Crippen LogP contribution in [0.2, 0.25) is 0 Å². The molecule has 3 heteroatoms. The van der Waals surface area contributed by atoms with Crippen molar-refractivity contribution in [1.29, 1.82) is 0 Å². The van der Waals surface area contributed by atoms with Gasteiger partial charge < -0.3 is 14.2 Å². The number of hydrogen-bond acceptors (Lipinski definition) is 3. The van der Waals surface area contributed by atoms with E-state index < -0.39 is 0 Å². The molecule has 1 aliphatic rings. The second kappa shape index (κ2) is 3.88. The first-order chi connectivity index (χ1) is 6.85. The molecule has 1 heterocycles. The first-order valence-corrected chi connectivity index (χ1v) is 4.68. The normalized spacial score (nSPS) is 20.0. The lowest BCUT2D eigenvalue weighted by Crippen LogP contribution is -2.18. The number of methoxy groups -OCH3 is 2. The van der Waals surface area contributed by atoms with Crippen LogP contribution in [0.1, 0.15) is 18.1 Å². The SMILES string of the molecule is COc1ccc(OC)c(C2CCO2)c1. The number of hydrogen-bond donors (Lipinski definition) is 0. The van der Waals surface area contributed by atoms with Crippen molar-refractivity contribution in [2.45, 2.75) is 12.5 Å². The van der Waals surface area contributed by atoms with Crippen LogP contribution in [0.15, 0.2) is 18.2 Å². The summed E-state index contributed by atoms with van der Waals surface area (Å²) in [5.74, 6) is 1.71. The van der Waals surface area contributed by atoms with Gasteiger partial charge in [-0.1, -0.05) is 0 Å².